The summed E-state index contributed by atoms with van der Waals surface area (Å²) >= 11 is 7.68. The molecule has 1 aliphatic heterocycles. The third-order valence-corrected chi connectivity index (χ3v) is 6.86. The first kappa shape index (κ1) is 23.1. The largest absolute Gasteiger partial charge is 0.496 e. The van der Waals surface area contributed by atoms with Gasteiger partial charge in [-0.25, -0.2) is 4.79 Å². The highest BCUT2D eigenvalue weighted by Crippen LogP contribution is 2.44. The fourth-order valence-corrected chi connectivity index (χ4v) is 5.01. The van der Waals surface area contributed by atoms with E-state index in [-0.39, 0.29) is 12.5 Å². The van der Waals surface area contributed by atoms with Gasteiger partial charge in [0, 0.05) is 28.1 Å². The standard InChI is InChI=1S/C25H25ClN2O4S/c1-14-6-11-21(33-14)23(29)32-13-18-16(17-12-15(26)7-10-20(17)31-5)8-9-19-22(18)28(4)24(30)25(2,3)27-19/h6-12,27H,13H2,1-5H3. The van der Waals surface area contributed by atoms with Crippen molar-refractivity contribution in [2.24, 2.45) is 0 Å². The minimum atomic E-state index is -0.764. The number of ether oxygens (including phenoxy) is 2. The predicted molar refractivity (Wildman–Crippen MR) is 133 cm³/mol. The van der Waals surface area contributed by atoms with E-state index in [1.54, 1.807) is 43.3 Å². The summed E-state index contributed by atoms with van der Waals surface area (Å²) in [4.78, 5) is 29.0. The summed E-state index contributed by atoms with van der Waals surface area (Å²) in [7, 11) is 3.32. The summed E-state index contributed by atoms with van der Waals surface area (Å²) in [6.07, 6.45) is 0. The first-order valence-corrected chi connectivity index (χ1v) is 11.6. The maximum Gasteiger partial charge on any atom is 0.348 e. The van der Waals surface area contributed by atoms with E-state index >= 15 is 0 Å². The smallest absolute Gasteiger partial charge is 0.348 e. The molecule has 1 amide bonds. The topological polar surface area (TPSA) is 67.9 Å². The Bertz CT molecular complexity index is 1250. The molecule has 1 N–H and O–H groups in total. The van der Waals surface area contributed by atoms with Gasteiger partial charge in [-0.1, -0.05) is 17.7 Å². The lowest BCUT2D eigenvalue weighted by Gasteiger charge is -2.39. The zero-order valence-corrected chi connectivity index (χ0v) is 20.7. The zero-order valence-electron chi connectivity index (χ0n) is 19.1. The molecule has 1 aromatic heterocycles. The van der Waals surface area contributed by atoms with Gasteiger partial charge in [-0.05, 0) is 62.7 Å². The number of anilines is 2. The second-order valence-electron chi connectivity index (χ2n) is 8.43. The van der Waals surface area contributed by atoms with Gasteiger partial charge in [0.05, 0.1) is 18.5 Å². The number of hydrogen-bond acceptors (Lipinski definition) is 6. The highest BCUT2D eigenvalue weighted by molar-refractivity contribution is 7.13. The van der Waals surface area contributed by atoms with Gasteiger partial charge >= 0.3 is 5.97 Å². The van der Waals surface area contributed by atoms with E-state index in [4.69, 9.17) is 21.1 Å². The van der Waals surface area contributed by atoms with E-state index in [0.29, 0.717) is 26.9 Å². The highest BCUT2D eigenvalue weighted by Gasteiger charge is 2.38. The lowest BCUT2D eigenvalue weighted by molar-refractivity contribution is -0.121. The first-order valence-electron chi connectivity index (χ1n) is 10.4. The number of nitrogens with one attached hydrogen (secondary N) is 1. The number of likely N-dealkylation sites (N-methyl/N-ethyl adjacent to an activating group) is 1. The van der Waals surface area contributed by atoms with Crippen molar-refractivity contribution >= 4 is 46.2 Å². The normalized spacial score (nSPS) is 14.5. The maximum absolute atomic E-state index is 13.1. The van der Waals surface area contributed by atoms with Gasteiger partial charge in [0.15, 0.2) is 0 Å². The molecular formula is C25H25ClN2O4S. The predicted octanol–water partition coefficient (Wildman–Crippen LogP) is 5.91. The molecule has 2 heterocycles. The Labute approximate surface area is 202 Å². The summed E-state index contributed by atoms with van der Waals surface area (Å²) in [5.41, 5.74) is 2.88. The molecule has 0 aliphatic carbocycles. The molecule has 0 spiro atoms. The summed E-state index contributed by atoms with van der Waals surface area (Å²) in [6, 6.07) is 12.8. The van der Waals surface area contributed by atoms with Gasteiger partial charge in [-0.3, -0.25) is 4.79 Å². The second kappa shape index (κ2) is 8.72. The summed E-state index contributed by atoms with van der Waals surface area (Å²) < 4.78 is 11.3. The van der Waals surface area contributed by atoms with E-state index < -0.39 is 11.5 Å². The van der Waals surface area contributed by atoms with Crippen LogP contribution in [0, 0.1) is 6.92 Å². The Morgan fingerprint density at radius 3 is 2.58 bits per heavy atom. The average molecular weight is 485 g/mol. The molecule has 3 aromatic rings. The molecular weight excluding hydrogens is 460 g/mol. The molecule has 0 unspecified atom stereocenters. The van der Waals surface area contributed by atoms with Crippen LogP contribution in [0.2, 0.25) is 5.02 Å². The minimum Gasteiger partial charge on any atom is -0.496 e. The third-order valence-electron chi connectivity index (χ3n) is 5.65. The number of methoxy groups -OCH3 is 1. The number of thiophene rings is 1. The molecule has 0 saturated heterocycles. The Balaban J connectivity index is 1.85. The van der Waals surface area contributed by atoms with Crippen molar-refractivity contribution in [1.82, 2.24) is 0 Å². The van der Waals surface area contributed by atoms with Gasteiger partial charge in [0.1, 0.15) is 22.8 Å². The zero-order chi connectivity index (χ0) is 23.9. The number of carbonyl (C=O) groups is 2. The van der Waals surface area contributed by atoms with Crippen LogP contribution in [0.3, 0.4) is 0 Å². The van der Waals surface area contributed by atoms with E-state index in [1.807, 2.05) is 39.0 Å². The lowest BCUT2D eigenvalue weighted by Crippen LogP contribution is -2.52. The van der Waals surface area contributed by atoms with Crippen LogP contribution in [0.15, 0.2) is 42.5 Å². The molecule has 0 fully saturated rings. The molecule has 0 bridgehead atoms. The Hall–Kier alpha value is -3.03. The molecule has 0 saturated carbocycles. The van der Waals surface area contributed by atoms with E-state index in [0.717, 1.165) is 21.7 Å². The molecule has 0 radical (unpaired) electrons. The van der Waals surface area contributed by atoms with E-state index in [1.165, 1.54) is 11.3 Å². The van der Waals surface area contributed by atoms with Crippen molar-refractivity contribution in [3.63, 3.8) is 0 Å². The van der Waals surface area contributed by atoms with Gasteiger partial charge < -0.3 is 19.7 Å². The number of amides is 1. The second-order valence-corrected chi connectivity index (χ2v) is 10.2. The van der Waals surface area contributed by atoms with Crippen molar-refractivity contribution < 1.29 is 19.1 Å². The van der Waals surface area contributed by atoms with Crippen LogP contribution < -0.4 is 15.0 Å². The lowest BCUT2D eigenvalue weighted by atomic mass is 9.92. The van der Waals surface area contributed by atoms with Gasteiger partial charge in [0.2, 0.25) is 0 Å². The quantitative estimate of drug-likeness (QED) is 0.456. The number of nitrogens with zero attached hydrogens (tertiary/aromatic N) is 1. The van der Waals surface area contributed by atoms with Crippen molar-refractivity contribution in [1.29, 1.82) is 0 Å². The van der Waals surface area contributed by atoms with Crippen molar-refractivity contribution in [2.45, 2.75) is 32.9 Å². The van der Waals surface area contributed by atoms with Crippen molar-refractivity contribution in [3.05, 3.63) is 62.8 Å². The Morgan fingerprint density at radius 1 is 1.15 bits per heavy atom. The van der Waals surface area contributed by atoms with Crippen LogP contribution in [0.25, 0.3) is 11.1 Å². The summed E-state index contributed by atoms with van der Waals surface area (Å²) in [6.45, 7) is 5.58. The number of rotatable bonds is 5. The molecule has 1 aliphatic rings. The summed E-state index contributed by atoms with van der Waals surface area (Å²) in [5, 5.41) is 3.86. The number of aryl methyl sites for hydroxylation is 1. The third kappa shape index (κ3) is 4.30. The fraction of sp³-hybridized carbons (Fsp3) is 0.280. The molecule has 2 aromatic carbocycles. The average Bonchev–Trinajstić information content (AvgIpc) is 3.21. The van der Waals surface area contributed by atoms with Crippen LogP contribution >= 0.6 is 22.9 Å². The van der Waals surface area contributed by atoms with E-state index in [2.05, 4.69) is 5.32 Å². The number of halogens is 1. The maximum atomic E-state index is 13.1. The number of hydrogen-bond donors (Lipinski definition) is 1. The molecule has 8 heteroatoms. The molecule has 33 heavy (non-hydrogen) atoms. The van der Waals surface area contributed by atoms with Crippen LogP contribution in [-0.4, -0.2) is 31.6 Å². The van der Waals surface area contributed by atoms with Gasteiger partial charge in [-0.2, -0.15) is 0 Å². The highest BCUT2D eigenvalue weighted by atomic mass is 35.5. The van der Waals surface area contributed by atoms with Gasteiger partial charge in [0.25, 0.3) is 5.91 Å². The summed E-state index contributed by atoms with van der Waals surface area (Å²) in [5.74, 6) is 0.123. The molecule has 4 rings (SSSR count). The van der Waals surface area contributed by atoms with E-state index in [9.17, 15) is 9.59 Å². The van der Waals surface area contributed by atoms with Crippen molar-refractivity contribution in [2.75, 3.05) is 24.4 Å². The monoisotopic (exact) mass is 484 g/mol. The van der Waals surface area contributed by atoms with Crippen LogP contribution in [0.4, 0.5) is 11.4 Å². The number of benzene rings is 2. The number of esters is 1. The number of carbonyl (C=O) groups excluding carboxylic acids is 2. The Kier molecular flexibility index (Phi) is 6.12. The molecule has 6 nitrogen and oxygen atoms in total. The number of fused-ring (bicyclic) bond motifs is 1. The van der Waals surface area contributed by atoms with Crippen LogP contribution in [0.1, 0.15) is 34.0 Å². The minimum absolute atomic E-state index is 0.0241. The fourth-order valence-electron chi connectivity index (χ4n) is 4.07. The molecule has 172 valence electrons. The Morgan fingerprint density at radius 2 is 1.91 bits per heavy atom. The molecule has 0 atom stereocenters. The van der Waals surface area contributed by atoms with Crippen LogP contribution in [0.5, 0.6) is 5.75 Å². The van der Waals surface area contributed by atoms with Crippen LogP contribution in [-0.2, 0) is 16.1 Å². The first-order chi connectivity index (χ1) is 15.6. The SMILES string of the molecule is COc1ccc(Cl)cc1-c1ccc2c(c1COC(=O)c1ccc(C)s1)N(C)C(=O)C(C)(C)N2. The van der Waals surface area contributed by atoms with Crippen molar-refractivity contribution in [3.8, 4) is 16.9 Å². The van der Waals surface area contributed by atoms with Gasteiger partial charge in [-0.15, -0.1) is 11.3 Å².